The van der Waals surface area contributed by atoms with Gasteiger partial charge in [0.05, 0.1) is 7.11 Å². The van der Waals surface area contributed by atoms with Crippen molar-refractivity contribution < 1.29 is 9.53 Å². The fourth-order valence-electron chi connectivity index (χ4n) is 0.333. The van der Waals surface area contributed by atoms with Gasteiger partial charge in [-0.05, 0) is 13.1 Å². The molecule has 0 bridgehead atoms. The van der Waals surface area contributed by atoms with E-state index in [-0.39, 0.29) is 0 Å². The molecule has 0 saturated heterocycles. The molecule has 0 rings (SSSR count). The van der Waals surface area contributed by atoms with E-state index in [1.54, 1.807) is 0 Å². The van der Waals surface area contributed by atoms with Gasteiger partial charge in [0.25, 0.3) is 0 Å². The van der Waals surface area contributed by atoms with Crippen LogP contribution in [0.3, 0.4) is 0 Å². The van der Waals surface area contributed by atoms with E-state index >= 15 is 0 Å². The first-order valence-corrected chi connectivity index (χ1v) is 3.63. The molecule has 0 amide bonds. The summed E-state index contributed by atoms with van der Waals surface area (Å²) in [5.74, 6) is -0.394. The van der Waals surface area contributed by atoms with Crippen LogP contribution in [0, 0.1) is 0 Å². The number of carbonyl (C=O) groups excluding carboxylic acids is 1. The van der Waals surface area contributed by atoms with Crippen LogP contribution in [0.4, 0.5) is 0 Å². The Balaban J connectivity index is 0. The van der Waals surface area contributed by atoms with Gasteiger partial charge in [0.15, 0.2) is 0 Å². The molecule has 0 unspecified atom stereocenters. The van der Waals surface area contributed by atoms with Crippen LogP contribution < -0.4 is 5.32 Å². The highest BCUT2D eigenvalue weighted by atomic mass is 16.5. The quantitative estimate of drug-likeness (QED) is 0.492. The summed E-state index contributed by atoms with van der Waals surface area (Å²) in [7, 11) is 1.31. The van der Waals surface area contributed by atoms with Crippen LogP contribution in [0.25, 0.3) is 0 Å². The van der Waals surface area contributed by atoms with Crippen molar-refractivity contribution >= 4 is 5.97 Å². The van der Waals surface area contributed by atoms with Gasteiger partial charge in [-0.2, -0.15) is 0 Å². The highest BCUT2D eigenvalue weighted by Crippen LogP contribution is 1.67. The van der Waals surface area contributed by atoms with Gasteiger partial charge < -0.3 is 10.1 Å². The maximum absolute atomic E-state index is 9.84. The minimum absolute atomic E-state index is 0.394. The lowest BCUT2D eigenvalue weighted by Crippen LogP contribution is -2.09. The Bertz CT molecular complexity index is 100. The van der Waals surface area contributed by atoms with E-state index in [1.807, 2.05) is 0 Å². The number of rotatable bonds is 3. The lowest BCUT2D eigenvalue weighted by Gasteiger charge is -1.86. The zero-order chi connectivity index (χ0) is 9.11. The second-order valence-electron chi connectivity index (χ2n) is 1.68. The molecule has 0 aromatic carbocycles. The number of esters is 1. The predicted molar refractivity (Wildman–Crippen MR) is 46.4 cm³/mol. The van der Waals surface area contributed by atoms with E-state index in [9.17, 15) is 4.79 Å². The van der Waals surface area contributed by atoms with Gasteiger partial charge in [0.2, 0.25) is 0 Å². The first-order valence-electron chi connectivity index (χ1n) is 3.63. The first-order chi connectivity index (χ1) is 5.22. The van der Waals surface area contributed by atoms with Gasteiger partial charge >= 0.3 is 5.97 Å². The summed E-state index contributed by atoms with van der Waals surface area (Å²) in [4.78, 5) is 9.84. The van der Waals surface area contributed by atoms with Crippen LogP contribution in [0.5, 0.6) is 0 Å². The van der Waals surface area contributed by atoms with E-state index in [2.05, 4.69) is 30.5 Å². The molecule has 0 aromatic rings. The molecule has 3 heteroatoms. The van der Waals surface area contributed by atoms with Crippen LogP contribution >= 0.6 is 0 Å². The van der Waals surface area contributed by atoms with Gasteiger partial charge in [0, 0.05) is 6.08 Å². The highest BCUT2D eigenvalue weighted by molar-refractivity contribution is 5.80. The van der Waals surface area contributed by atoms with E-state index in [4.69, 9.17) is 0 Å². The molecule has 0 spiro atoms. The molecular weight excluding hydrogens is 142 g/mol. The van der Waals surface area contributed by atoms with Gasteiger partial charge in [0.1, 0.15) is 0 Å². The Labute approximate surface area is 68.4 Å². The minimum atomic E-state index is -0.394. The zero-order valence-electron chi connectivity index (χ0n) is 7.52. The molecule has 0 aliphatic carbocycles. The fraction of sp³-hybridized carbons (Fsp3) is 0.625. The van der Waals surface area contributed by atoms with Gasteiger partial charge in [-0.25, -0.2) is 4.79 Å². The Morgan fingerprint density at radius 3 is 2.00 bits per heavy atom. The number of nitrogens with one attached hydrogen (secondary N) is 1. The number of hydrogen-bond acceptors (Lipinski definition) is 3. The zero-order valence-corrected chi connectivity index (χ0v) is 7.52. The van der Waals surface area contributed by atoms with Gasteiger partial charge in [-0.15, -0.1) is 0 Å². The van der Waals surface area contributed by atoms with Crippen molar-refractivity contribution in [3.8, 4) is 0 Å². The standard InChI is InChI=1S/C4H11N.C4H6O2/c1-3-5-4-2;1-3-4(5)6-2/h5H,3-4H2,1-2H3;3H,1H2,2H3. The predicted octanol–water partition coefficient (Wildman–Crippen LogP) is 0.961. The third kappa shape index (κ3) is 17.6. The van der Waals surface area contributed by atoms with E-state index in [0.29, 0.717) is 0 Å². The van der Waals surface area contributed by atoms with Gasteiger partial charge in [-0.3, -0.25) is 0 Å². The molecule has 0 heterocycles. The maximum Gasteiger partial charge on any atom is 0.329 e. The number of ether oxygens (including phenoxy) is 1. The van der Waals surface area contributed by atoms with Crippen molar-refractivity contribution in [3.63, 3.8) is 0 Å². The van der Waals surface area contributed by atoms with Crippen molar-refractivity contribution in [2.24, 2.45) is 0 Å². The van der Waals surface area contributed by atoms with Crippen molar-refractivity contribution in [3.05, 3.63) is 12.7 Å². The lowest BCUT2D eigenvalue weighted by atomic mass is 10.7. The molecule has 3 nitrogen and oxygen atoms in total. The van der Waals surface area contributed by atoms with Crippen LogP contribution in [0.15, 0.2) is 12.7 Å². The molecule has 0 saturated carbocycles. The lowest BCUT2D eigenvalue weighted by molar-refractivity contribution is -0.134. The van der Waals surface area contributed by atoms with Crippen LogP contribution in [-0.2, 0) is 9.53 Å². The molecule has 0 radical (unpaired) electrons. The molecule has 0 aliphatic rings. The average Bonchev–Trinajstić information content (AvgIpc) is 2.06. The SMILES string of the molecule is C=CC(=O)OC.CCNCC. The summed E-state index contributed by atoms with van der Waals surface area (Å²) < 4.78 is 4.14. The first kappa shape index (κ1) is 12.8. The Hall–Kier alpha value is -0.830. The number of carbonyl (C=O) groups is 1. The third-order valence-corrected chi connectivity index (χ3v) is 0.868. The summed E-state index contributed by atoms with van der Waals surface area (Å²) >= 11 is 0. The van der Waals surface area contributed by atoms with Crippen molar-refractivity contribution in [1.82, 2.24) is 5.32 Å². The summed E-state index contributed by atoms with van der Waals surface area (Å²) in [5.41, 5.74) is 0. The monoisotopic (exact) mass is 159 g/mol. The van der Waals surface area contributed by atoms with Crippen LogP contribution in [0.1, 0.15) is 13.8 Å². The second-order valence-corrected chi connectivity index (χ2v) is 1.68. The summed E-state index contributed by atoms with van der Waals surface area (Å²) in [6, 6.07) is 0. The molecule has 0 fully saturated rings. The fourth-order valence-corrected chi connectivity index (χ4v) is 0.333. The van der Waals surface area contributed by atoms with Crippen LogP contribution in [-0.4, -0.2) is 26.2 Å². The minimum Gasteiger partial charge on any atom is -0.466 e. The Morgan fingerprint density at radius 2 is 2.00 bits per heavy atom. The normalized spacial score (nSPS) is 7.55. The second kappa shape index (κ2) is 11.9. The largest absolute Gasteiger partial charge is 0.466 e. The smallest absolute Gasteiger partial charge is 0.329 e. The molecule has 11 heavy (non-hydrogen) atoms. The maximum atomic E-state index is 9.84. The molecular formula is C8H17NO2. The molecule has 1 N–H and O–H groups in total. The molecule has 66 valence electrons. The van der Waals surface area contributed by atoms with E-state index in [0.717, 1.165) is 19.2 Å². The van der Waals surface area contributed by atoms with Gasteiger partial charge in [-0.1, -0.05) is 20.4 Å². The van der Waals surface area contributed by atoms with Crippen molar-refractivity contribution in [2.75, 3.05) is 20.2 Å². The molecule has 0 aromatic heterocycles. The third-order valence-electron chi connectivity index (χ3n) is 0.868. The Kier molecular flexibility index (Phi) is 13.9. The average molecular weight is 159 g/mol. The molecule has 0 aliphatic heterocycles. The van der Waals surface area contributed by atoms with Crippen molar-refractivity contribution in [2.45, 2.75) is 13.8 Å². The number of hydrogen-bond donors (Lipinski definition) is 1. The van der Waals surface area contributed by atoms with Crippen LogP contribution in [0.2, 0.25) is 0 Å². The van der Waals surface area contributed by atoms with Crippen molar-refractivity contribution in [1.29, 1.82) is 0 Å². The molecule has 0 atom stereocenters. The van der Waals surface area contributed by atoms with E-state index in [1.165, 1.54) is 7.11 Å². The Morgan fingerprint density at radius 1 is 1.55 bits per heavy atom. The van der Waals surface area contributed by atoms with E-state index < -0.39 is 5.97 Å². The topological polar surface area (TPSA) is 38.3 Å². The summed E-state index contributed by atoms with van der Waals surface area (Å²) in [6.45, 7) is 9.55. The number of methoxy groups -OCH3 is 1. The highest BCUT2D eigenvalue weighted by Gasteiger charge is 1.81. The summed E-state index contributed by atoms with van der Waals surface area (Å²) in [5, 5.41) is 3.11. The summed E-state index contributed by atoms with van der Waals surface area (Å²) in [6.07, 6.45) is 1.11.